The SMILES string of the molecule is CCCC[C@]1(O)CC[C@H]2[C@@H]3CCC4=CC(=O)CC[C@]4(C)[C@H]3CC[C@@]21C. The van der Waals surface area contributed by atoms with Crippen molar-refractivity contribution in [2.75, 3.05) is 0 Å². The molecule has 0 aromatic carbocycles. The number of ketones is 1. The van der Waals surface area contributed by atoms with Gasteiger partial charge in [0.1, 0.15) is 0 Å². The van der Waals surface area contributed by atoms with Gasteiger partial charge in [0.05, 0.1) is 5.60 Å². The number of unbranched alkanes of at least 4 members (excludes halogenated alkanes) is 1. The first kappa shape index (κ1) is 17.8. The van der Waals surface area contributed by atoms with Gasteiger partial charge < -0.3 is 5.11 Å². The summed E-state index contributed by atoms with van der Waals surface area (Å²) < 4.78 is 0. The van der Waals surface area contributed by atoms with Gasteiger partial charge in [-0.25, -0.2) is 0 Å². The Morgan fingerprint density at radius 1 is 1.08 bits per heavy atom. The van der Waals surface area contributed by atoms with Crippen LogP contribution in [-0.4, -0.2) is 16.5 Å². The van der Waals surface area contributed by atoms with Crippen LogP contribution in [-0.2, 0) is 4.79 Å². The summed E-state index contributed by atoms with van der Waals surface area (Å²) in [4.78, 5) is 11.9. The van der Waals surface area contributed by atoms with Crippen LogP contribution >= 0.6 is 0 Å². The molecule has 6 atom stereocenters. The Bertz CT molecular complexity index is 593. The minimum atomic E-state index is -0.432. The van der Waals surface area contributed by atoms with E-state index in [4.69, 9.17) is 0 Å². The van der Waals surface area contributed by atoms with E-state index in [1.165, 1.54) is 37.7 Å². The van der Waals surface area contributed by atoms with Gasteiger partial charge in [-0.15, -0.1) is 0 Å². The van der Waals surface area contributed by atoms with E-state index < -0.39 is 5.60 Å². The molecule has 4 aliphatic rings. The van der Waals surface area contributed by atoms with E-state index in [1.54, 1.807) is 0 Å². The predicted octanol–water partition coefficient (Wildman–Crippen LogP) is 5.44. The molecule has 25 heavy (non-hydrogen) atoms. The zero-order valence-electron chi connectivity index (χ0n) is 16.4. The second kappa shape index (κ2) is 5.94. The molecule has 3 fully saturated rings. The highest BCUT2D eigenvalue weighted by Gasteiger charge is 2.63. The summed E-state index contributed by atoms with van der Waals surface area (Å²) in [5, 5.41) is 11.5. The monoisotopic (exact) mass is 344 g/mol. The van der Waals surface area contributed by atoms with Crippen LogP contribution in [0.4, 0.5) is 0 Å². The molecule has 4 aliphatic carbocycles. The molecule has 3 saturated carbocycles. The van der Waals surface area contributed by atoms with E-state index in [0.717, 1.165) is 50.4 Å². The first-order chi connectivity index (χ1) is 11.8. The Morgan fingerprint density at radius 3 is 2.60 bits per heavy atom. The Labute approximate surface area is 153 Å². The van der Waals surface area contributed by atoms with Crippen LogP contribution in [0.25, 0.3) is 0 Å². The van der Waals surface area contributed by atoms with Crippen LogP contribution in [0.5, 0.6) is 0 Å². The summed E-state index contributed by atoms with van der Waals surface area (Å²) in [7, 11) is 0. The van der Waals surface area contributed by atoms with Gasteiger partial charge in [0.15, 0.2) is 5.78 Å². The number of hydrogen-bond acceptors (Lipinski definition) is 2. The fourth-order valence-corrected chi connectivity index (χ4v) is 7.55. The van der Waals surface area contributed by atoms with Crippen molar-refractivity contribution in [1.82, 2.24) is 0 Å². The zero-order chi connectivity index (χ0) is 17.9. The van der Waals surface area contributed by atoms with Crippen LogP contribution in [0.3, 0.4) is 0 Å². The Balaban J connectivity index is 1.62. The third-order valence-corrected chi connectivity index (χ3v) is 9.23. The number of hydrogen-bond donors (Lipinski definition) is 1. The van der Waals surface area contributed by atoms with Gasteiger partial charge in [-0.3, -0.25) is 4.79 Å². The molecular formula is C23H36O2. The summed E-state index contributed by atoms with van der Waals surface area (Å²) >= 11 is 0. The molecule has 140 valence electrons. The molecule has 0 aromatic heterocycles. The number of carbonyl (C=O) groups is 1. The van der Waals surface area contributed by atoms with Gasteiger partial charge in [0.25, 0.3) is 0 Å². The molecule has 0 bridgehead atoms. The van der Waals surface area contributed by atoms with Crippen molar-refractivity contribution < 1.29 is 9.90 Å². The Hall–Kier alpha value is -0.630. The molecule has 1 N–H and O–H groups in total. The molecule has 0 unspecified atom stereocenters. The third kappa shape index (κ3) is 2.42. The highest BCUT2D eigenvalue weighted by atomic mass is 16.3. The van der Waals surface area contributed by atoms with Crippen molar-refractivity contribution in [3.8, 4) is 0 Å². The van der Waals surface area contributed by atoms with E-state index in [0.29, 0.717) is 11.7 Å². The molecule has 2 nitrogen and oxygen atoms in total. The fourth-order valence-electron chi connectivity index (χ4n) is 7.55. The molecule has 0 saturated heterocycles. The summed E-state index contributed by atoms with van der Waals surface area (Å²) in [6.07, 6.45) is 14.1. The van der Waals surface area contributed by atoms with E-state index in [-0.39, 0.29) is 10.8 Å². The van der Waals surface area contributed by atoms with Gasteiger partial charge >= 0.3 is 0 Å². The van der Waals surface area contributed by atoms with Crippen molar-refractivity contribution in [2.45, 2.75) is 97.0 Å². The lowest BCUT2D eigenvalue weighted by molar-refractivity contribution is -0.133. The fraction of sp³-hybridized carbons (Fsp3) is 0.870. The predicted molar refractivity (Wildman–Crippen MR) is 101 cm³/mol. The van der Waals surface area contributed by atoms with Crippen LogP contribution in [0.15, 0.2) is 11.6 Å². The van der Waals surface area contributed by atoms with Crippen molar-refractivity contribution in [2.24, 2.45) is 28.6 Å². The molecule has 0 amide bonds. The largest absolute Gasteiger partial charge is 0.389 e. The normalized spacial score (nSPS) is 49.2. The molecule has 0 heterocycles. The minimum Gasteiger partial charge on any atom is -0.389 e. The molecule has 0 aromatic rings. The third-order valence-electron chi connectivity index (χ3n) is 9.23. The number of allylic oxidation sites excluding steroid dienone is 1. The Kier molecular flexibility index (Phi) is 4.22. The topological polar surface area (TPSA) is 37.3 Å². The second-order valence-electron chi connectivity index (χ2n) is 10.1. The van der Waals surface area contributed by atoms with Gasteiger partial charge in [0.2, 0.25) is 0 Å². The van der Waals surface area contributed by atoms with Crippen molar-refractivity contribution in [1.29, 1.82) is 0 Å². The maximum Gasteiger partial charge on any atom is 0.155 e. The minimum absolute atomic E-state index is 0.116. The van der Waals surface area contributed by atoms with Crippen molar-refractivity contribution in [3.05, 3.63) is 11.6 Å². The molecule has 4 rings (SSSR count). The zero-order valence-corrected chi connectivity index (χ0v) is 16.4. The van der Waals surface area contributed by atoms with E-state index >= 15 is 0 Å². The molecule has 2 heteroatoms. The van der Waals surface area contributed by atoms with E-state index in [9.17, 15) is 9.90 Å². The summed E-state index contributed by atoms with van der Waals surface area (Å²) in [5.41, 5.74) is 1.39. The number of carbonyl (C=O) groups excluding carboxylic acids is 1. The van der Waals surface area contributed by atoms with Gasteiger partial charge in [-0.2, -0.15) is 0 Å². The first-order valence-electron chi connectivity index (χ1n) is 10.8. The van der Waals surface area contributed by atoms with E-state index in [1.807, 2.05) is 6.08 Å². The second-order valence-corrected chi connectivity index (χ2v) is 10.1. The average molecular weight is 345 g/mol. The smallest absolute Gasteiger partial charge is 0.155 e. The number of rotatable bonds is 3. The number of aliphatic hydroxyl groups is 1. The van der Waals surface area contributed by atoms with Crippen LogP contribution < -0.4 is 0 Å². The lowest BCUT2D eigenvalue weighted by Gasteiger charge is -2.59. The van der Waals surface area contributed by atoms with Gasteiger partial charge in [-0.1, -0.05) is 39.2 Å². The summed E-state index contributed by atoms with van der Waals surface area (Å²) in [5.74, 6) is 2.52. The highest BCUT2D eigenvalue weighted by molar-refractivity contribution is 5.91. The number of fused-ring (bicyclic) bond motifs is 5. The lowest BCUT2D eigenvalue weighted by atomic mass is 9.46. The van der Waals surface area contributed by atoms with Crippen LogP contribution in [0, 0.1) is 28.6 Å². The first-order valence-corrected chi connectivity index (χ1v) is 10.8. The van der Waals surface area contributed by atoms with Crippen LogP contribution in [0.1, 0.15) is 91.4 Å². The lowest BCUT2D eigenvalue weighted by Crippen LogP contribution is -2.54. The van der Waals surface area contributed by atoms with Gasteiger partial charge in [0, 0.05) is 6.42 Å². The maximum atomic E-state index is 11.9. The molecular weight excluding hydrogens is 308 g/mol. The quantitative estimate of drug-likeness (QED) is 0.740. The van der Waals surface area contributed by atoms with Crippen molar-refractivity contribution >= 4 is 5.78 Å². The van der Waals surface area contributed by atoms with E-state index in [2.05, 4.69) is 20.8 Å². The van der Waals surface area contributed by atoms with Crippen LogP contribution in [0.2, 0.25) is 0 Å². The summed E-state index contributed by atoms with van der Waals surface area (Å²) in [6, 6.07) is 0. The maximum absolute atomic E-state index is 11.9. The summed E-state index contributed by atoms with van der Waals surface area (Å²) in [6.45, 7) is 7.09. The standard InChI is InChI=1S/C23H36O2/c1-4-5-11-23(25)14-10-20-18-7-6-16-15-17(24)8-12-21(16,2)19(18)9-13-22(20,23)3/h15,18-20,25H,4-14H2,1-3H3/t18-,19+,20+,21+,22+,23+/m1/s1. The Morgan fingerprint density at radius 2 is 1.84 bits per heavy atom. The average Bonchev–Trinajstić information content (AvgIpc) is 2.85. The molecule has 0 aliphatic heterocycles. The van der Waals surface area contributed by atoms with Crippen molar-refractivity contribution in [3.63, 3.8) is 0 Å². The highest BCUT2D eigenvalue weighted by Crippen LogP contribution is 2.68. The van der Waals surface area contributed by atoms with Gasteiger partial charge in [-0.05, 0) is 86.0 Å². The molecule has 0 radical (unpaired) electrons. The molecule has 0 spiro atoms.